The molecule has 24 heavy (non-hydrogen) atoms. The Bertz CT molecular complexity index is 697. The lowest BCUT2D eigenvalue weighted by molar-refractivity contribution is -0.122. The first kappa shape index (κ1) is 17.9. The van der Waals surface area contributed by atoms with Crippen molar-refractivity contribution in [2.45, 2.75) is 40.2 Å². The fourth-order valence-corrected chi connectivity index (χ4v) is 2.36. The van der Waals surface area contributed by atoms with Gasteiger partial charge in [0.05, 0.1) is 6.61 Å². The molecule has 2 aromatic carbocycles. The summed E-state index contributed by atoms with van der Waals surface area (Å²) in [5.74, 6) is 1.32. The van der Waals surface area contributed by atoms with E-state index in [4.69, 9.17) is 9.47 Å². The lowest BCUT2D eigenvalue weighted by atomic mass is 10.1. The third kappa shape index (κ3) is 4.75. The lowest BCUT2D eigenvalue weighted by Gasteiger charge is -2.19. The van der Waals surface area contributed by atoms with Gasteiger partial charge in [0.1, 0.15) is 11.5 Å². The minimum absolute atomic E-state index is 0.160. The number of carbonyl (C=O) groups excluding carboxylic acids is 1. The van der Waals surface area contributed by atoms with Gasteiger partial charge in [-0.3, -0.25) is 4.79 Å². The molecule has 0 spiro atoms. The van der Waals surface area contributed by atoms with Gasteiger partial charge in [-0.2, -0.15) is 0 Å². The third-order valence-electron chi connectivity index (χ3n) is 3.69. The first-order chi connectivity index (χ1) is 11.5. The van der Waals surface area contributed by atoms with E-state index in [1.807, 2.05) is 70.2 Å². The van der Waals surface area contributed by atoms with E-state index in [1.165, 1.54) is 0 Å². The molecule has 2 rings (SSSR count). The zero-order chi connectivity index (χ0) is 17.5. The molecule has 1 N–H and O–H groups in total. The zero-order valence-electron chi connectivity index (χ0n) is 14.8. The average Bonchev–Trinajstić information content (AvgIpc) is 2.56. The van der Waals surface area contributed by atoms with Gasteiger partial charge in [0, 0.05) is 11.8 Å². The largest absolute Gasteiger partial charge is 0.494 e. The Labute approximate surface area is 143 Å². The average molecular weight is 327 g/mol. The van der Waals surface area contributed by atoms with Gasteiger partial charge in [0.25, 0.3) is 5.91 Å². The molecule has 1 atom stereocenters. The van der Waals surface area contributed by atoms with E-state index in [2.05, 4.69) is 5.32 Å². The predicted molar refractivity (Wildman–Crippen MR) is 96.9 cm³/mol. The first-order valence-corrected chi connectivity index (χ1v) is 8.31. The van der Waals surface area contributed by atoms with Gasteiger partial charge >= 0.3 is 0 Å². The molecular weight excluding hydrogens is 302 g/mol. The van der Waals surface area contributed by atoms with Crippen LogP contribution in [0.25, 0.3) is 0 Å². The fourth-order valence-electron chi connectivity index (χ4n) is 2.36. The molecule has 0 unspecified atom stereocenters. The molecule has 0 aliphatic heterocycles. The highest BCUT2D eigenvalue weighted by molar-refractivity contribution is 5.94. The maximum Gasteiger partial charge on any atom is 0.265 e. The monoisotopic (exact) mass is 327 g/mol. The number of carbonyl (C=O) groups is 1. The molecule has 0 saturated heterocycles. The summed E-state index contributed by atoms with van der Waals surface area (Å²) in [7, 11) is 0. The molecular formula is C20H25NO3. The Hall–Kier alpha value is -2.49. The molecule has 0 fully saturated rings. The summed E-state index contributed by atoms with van der Waals surface area (Å²) in [6.45, 7) is 8.44. The maximum absolute atomic E-state index is 12.5. The summed E-state index contributed by atoms with van der Waals surface area (Å²) in [6, 6.07) is 13.4. The van der Waals surface area contributed by atoms with Gasteiger partial charge < -0.3 is 14.8 Å². The molecule has 4 heteroatoms. The second-order valence-corrected chi connectivity index (χ2v) is 5.73. The van der Waals surface area contributed by atoms with E-state index in [-0.39, 0.29) is 5.91 Å². The Morgan fingerprint density at radius 1 is 1.12 bits per heavy atom. The van der Waals surface area contributed by atoms with E-state index in [9.17, 15) is 4.79 Å². The summed E-state index contributed by atoms with van der Waals surface area (Å²) >= 11 is 0. The minimum Gasteiger partial charge on any atom is -0.494 e. The van der Waals surface area contributed by atoms with Crippen LogP contribution in [0.2, 0.25) is 0 Å². The molecule has 0 saturated carbocycles. The molecule has 0 heterocycles. The van der Waals surface area contributed by atoms with Crippen molar-refractivity contribution in [2.24, 2.45) is 0 Å². The Balaban J connectivity index is 2.08. The summed E-state index contributed by atoms with van der Waals surface area (Å²) in [6.07, 6.45) is 0.0472. The summed E-state index contributed by atoms with van der Waals surface area (Å²) < 4.78 is 11.4. The molecule has 4 nitrogen and oxygen atoms in total. The van der Waals surface area contributed by atoms with Crippen molar-refractivity contribution in [3.63, 3.8) is 0 Å². The number of aryl methyl sites for hydroxylation is 2. The first-order valence-electron chi connectivity index (χ1n) is 8.31. The summed E-state index contributed by atoms with van der Waals surface area (Å²) in [4.78, 5) is 12.5. The van der Waals surface area contributed by atoms with Gasteiger partial charge in [-0.1, -0.05) is 25.1 Å². The van der Waals surface area contributed by atoms with E-state index in [1.54, 1.807) is 0 Å². The summed E-state index contributed by atoms with van der Waals surface area (Å²) in [5.41, 5.74) is 2.83. The Morgan fingerprint density at radius 3 is 2.62 bits per heavy atom. The molecule has 0 aliphatic rings. The van der Waals surface area contributed by atoms with Crippen molar-refractivity contribution in [1.82, 2.24) is 0 Å². The number of amides is 1. The topological polar surface area (TPSA) is 47.6 Å². The van der Waals surface area contributed by atoms with Crippen LogP contribution in [0, 0.1) is 13.8 Å². The highest BCUT2D eigenvalue weighted by Crippen LogP contribution is 2.22. The molecule has 128 valence electrons. The highest BCUT2D eigenvalue weighted by Gasteiger charge is 2.19. The second-order valence-electron chi connectivity index (χ2n) is 5.73. The molecule has 0 aliphatic carbocycles. The van der Waals surface area contributed by atoms with Gasteiger partial charge in [-0.15, -0.1) is 0 Å². The number of nitrogens with one attached hydrogen (secondary N) is 1. The van der Waals surface area contributed by atoms with Gasteiger partial charge in [0.15, 0.2) is 6.10 Å². The van der Waals surface area contributed by atoms with Crippen LogP contribution < -0.4 is 14.8 Å². The van der Waals surface area contributed by atoms with E-state index in [0.29, 0.717) is 18.7 Å². The zero-order valence-corrected chi connectivity index (χ0v) is 14.8. The fraction of sp³-hybridized carbons (Fsp3) is 0.350. The van der Waals surface area contributed by atoms with Crippen molar-refractivity contribution in [3.05, 3.63) is 53.6 Å². The van der Waals surface area contributed by atoms with Crippen LogP contribution in [0.4, 0.5) is 5.69 Å². The van der Waals surface area contributed by atoms with Crippen LogP contribution in [0.5, 0.6) is 11.5 Å². The normalized spacial score (nSPS) is 11.7. The van der Waals surface area contributed by atoms with Crippen LogP contribution in [-0.4, -0.2) is 18.6 Å². The van der Waals surface area contributed by atoms with Crippen LogP contribution >= 0.6 is 0 Å². The summed E-state index contributed by atoms with van der Waals surface area (Å²) in [5, 5.41) is 2.90. The number of hydrogen-bond acceptors (Lipinski definition) is 3. The van der Waals surface area contributed by atoms with E-state index < -0.39 is 6.10 Å². The lowest BCUT2D eigenvalue weighted by Crippen LogP contribution is -2.32. The Kier molecular flexibility index (Phi) is 6.24. The quantitative estimate of drug-likeness (QED) is 0.814. The molecule has 0 bridgehead atoms. The van der Waals surface area contributed by atoms with Crippen LogP contribution in [0.3, 0.4) is 0 Å². The Morgan fingerprint density at radius 2 is 1.92 bits per heavy atom. The SMILES string of the molecule is CCOc1cccc(NC(=O)[C@@H](CC)Oc2cc(C)ccc2C)c1. The van der Waals surface area contributed by atoms with Crippen molar-refractivity contribution in [1.29, 1.82) is 0 Å². The van der Waals surface area contributed by atoms with Gasteiger partial charge in [-0.05, 0) is 56.5 Å². The molecule has 2 aromatic rings. The smallest absolute Gasteiger partial charge is 0.265 e. The van der Waals surface area contributed by atoms with Gasteiger partial charge in [-0.25, -0.2) is 0 Å². The van der Waals surface area contributed by atoms with Crippen molar-refractivity contribution >= 4 is 11.6 Å². The van der Waals surface area contributed by atoms with Gasteiger partial charge in [0.2, 0.25) is 0 Å². The number of ether oxygens (including phenoxy) is 2. The maximum atomic E-state index is 12.5. The molecule has 1 amide bonds. The van der Waals surface area contributed by atoms with Crippen LogP contribution in [-0.2, 0) is 4.79 Å². The van der Waals surface area contributed by atoms with Crippen molar-refractivity contribution < 1.29 is 14.3 Å². The number of benzene rings is 2. The highest BCUT2D eigenvalue weighted by atomic mass is 16.5. The van der Waals surface area contributed by atoms with Crippen LogP contribution in [0.15, 0.2) is 42.5 Å². The van der Waals surface area contributed by atoms with E-state index >= 15 is 0 Å². The number of hydrogen-bond donors (Lipinski definition) is 1. The van der Waals surface area contributed by atoms with Crippen molar-refractivity contribution in [3.8, 4) is 11.5 Å². The minimum atomic E-state index is -0.541. The number of rotatable bonds is 7. The molecule has 0 aromatic heterocycles. The van der Waals surface area contributed by atoms with Crippen molar-refractivity contribution in [2.75, 3.05) is 11.9 Å². The number of anilines is 1. The molecule has 0 radical (unpaired) electrons. The predicted octanol–water partition coefficient (Wildman–Crippen LogP) is 4.50. The standard InChI is InChI=1S/C20H25NO3/c1-5-18(24-19-12-14(3)10-11-15(19)4)20(22)21-16-8-7-9-17(13-16)23-6-2/h7-13,18H,5-6H2,1-4H3,(H,21,22)/t18-/m1/s1. The third-order valence-corrected chi connectivity index (χ3v) is 3.69. The van der Waals surface area contributed by atoms with Crippen LogP contribution in [0.1, 0.15) is 31.4 Å². The van der Waals surface area contributed by atoms with E-state index in [0.717, 1.165) is 22.6 Å². The second kappa shape index (κ2) is 8.39.